The maximum atomic E-state index is 5.18. The van der Waals surface area contributed by atoms with Crippen LogP contribution in [-0.2, 0) is 4.74 Å². The summed E-state index contributed by atoms with van der Waals surface area (Å²) in [4.78, 5) is 7.39. The summed E-state index contributed by atoms with van der Waals surface area (Å²) in [6.45, 7) is 15.9. The van der Waals surface area contributed by atoms with Gasteiger partial charge in [0, 0.05) is 31.8 Å². The van der Waals surface area contributed by atoms with Gasteiger partial charge in [0.15, 0.2) is 5.96 Å². The molecule has 1 aliphatic heterocycles. The van der Waals surface area contributed by atoms with Crippen molar-refractivity contribution in [2.45, 2.75) is 59.0 Å². The second-order valence-corrected chi connectivity index (χ2v) is 7.20. The van der Waals surface area contributed by atoms with Crippen molar-refractivity contribution in [2.24, 2.45) is 10.9 Å². The molecule has 1 fully saturated rings. The molecule has 5 heteroatoms. The third-order valence-corrected chi connectivity index (χ3v) is 4.28. The normalized spacial score (nSPS) is 22.5. The van der Waals surface area contributed by atoms with E-state index in [1.54, 1.807) is 7.11 Å². The molecule has 22 heavy (non-hydrogen) atoms. The van der Waals surface area contributed by atoms with Gasteiger partial charge >= 0.3 is 0 Å². The molecule has 5 nitrogen and oxygen atoms in total. The average molecular weight is 313 g/mol. The standard InChI is InChI=1S/C17H36N4O/c1-7-18-16(20-15(3)12-22-6)19-13-17(4,5)21-10-8-9-14(2)11-21/h14-15H,7-13H2,1-6H3,(H2,18,19,20). The molecule has 2 unspecified atom stereocenters. The summed E-state index contributed by atoms with van der Waals surface area (Å²) in [5.41, 5.74) is 0.0987. The van der Waals surface area contributed by atoms with E-state index in [1.807, 2.05) is 0 Å². The molecule has 0 aromatic carbocycles. The van der Waals surface area contributed by atoms with Crippen LogP contribution >= 0.6 is 0 Å². The van der Waals surface area contributed by atoms with Crippen molar-refractivity contribution in [3.05, 3.63) is 0 Å². The van der Waals surface area contributed by atoms with E-state index in [0.29, 0.717) is 6.61 Å². The van der Waals surface area contributed by atoms with Crippen molar-refractivity contribution in [3.8, 4) is 0 Å². The Bertz CT molecular complexity index is 344. The van der Waals surface area contributed by atoms with Gasteiger partial charge in [0.25, 0.3) is 0 Å². The molecule has 0 bridgehead atoms. The van der Waals surface area contributed by atoms with Gasteiger partial charge in [0.2, 0.25) is 0 Å². The Morgan fingerprint density at radius 2 is 2.18 bits per heavy atom. The van der Waals surface area contributed by atoms with Gasteiger partial charge in [-0.05, 0) is 53.0 Å². The van der Waals surface area contributed by atoms with Gasteiger partial charge in [-0.2, -0.15) is 0 Å². The lowest BCUT2D eigenvalue weighted by Gasteiger charge is -2.42. The number of ether oxygens (including phenoxy) is 1. The van der Waals surface area contributed by atoms with E-state index < -0.39 is 0 Å². The van der Waals surface area contributed by atoms with E-state index in [0.717, 1.165) is 25.0 Å². The second kappa shape index (κ2) is 9.36. The van der Waals surface area contributed by atoms with Gasteiger partial charge < -0.3 is 15.4 Å². The molecule has 0 aromatic rings. The molecule has 1 saturated heterocycles. The average Bonchev–Trinajstić information content (AvgIpc) is 2.45. The summed E-state index contributed by atoms with van der Waals surface area (Å²) in [7, 11) is 1.73. The number of guanidine groups is 1. The zero-order chi connectivity index (χ0) is 16.6. The molecule has 0 amide bonds. The van der Waals surface area contributed by atoms with E-state index in [-0.39, 0.29) is 11.6 Å². The second-order valence-electron chi connectivity index (χ2n) is 7.20. The first-order valence-corrected chi connectivity index (χ1v) is 8.68. The number of rotatable bonds is 7. The third kappa shape index (κ3) is 6.53. The predicted molar refractivity (Wildman–Crippen MR) is 94.5 cm³/mol. The maximum absolute atomic E-state index is 5.18. The van der Waals surface area contributed by atoms with E-state index in [2.05, 4.69) is 50.2 Å². The van der Waals surface area contributed by atoms with Crippen molar-refractivity contribution >= 4 is 5.96 Å². The summed E-state index contributed by atoms with van der Waals surface area (Å²) in [5, 5.41) is 6.72. The number of methoxy groups -OCH3 is 1. The van der Waals surface area contributed by atoms with Crippen LogP contribution in [-0.4, -0.2) is 62.3 Å². The van der Waals surface area contributed by atoms with Crippen molar-refractivity contribution in [3.63, 3.8) is 0 Å². The molecule has 1 heterocycles. The van der Waals surface area contributed by atoms with Crippen molar-refractivity contribution in [1.29, 1.82) is 0 Å². The highest BCUT2D eigenvalue weighted by atomic mass is 16.5. The summed E-state index contributed by atoms with van der Waals surface area (Å²) in [6, 6.07) is 0.251. The molecule has 0 aromatic heterocycles. The quantitative estimate of drug-likeness (QED) is 0.558. The molecular weight excluding hydrogens is 276 g/mol. The molecule has 1 rings (SSSR count). The zero-order valence-corrected chi connectivity index (χ0v) is 15.4. The van der Waals surface area contributed by atoms with Gasteiger partial charge in [-0.25, -0.2) is 0 Å². The minimum atomic E-state index is 0.0987. The highest BCUT2D eigenvalue weighted by Crippen LogP contribution is 2.24. The fraction of sp³-hybridized carbons (Fsp3) is 0.941. The Morgan fingerprint density at radius 3 is 2.77 bits per heavy atom. The van der Waals surface area contributed by atoms with Crippen LogP contribution in [0.15, 0.2) is 4.99 Å². The highest BCUT2D eigenvalue weighted by Gasteiger charge is 2.30. The van der Waals surface area contributed by atoms with Crippen LogP contribution in [0.5, 0.6) is 0 Å². The van der Waals surface area contributed by atoms with Gasteiger partial charge in [0.05, 0.1) is 13.2 Å². The van der Waals surface area contributed by atoms with Crippen LogP contribution in [0.2, 0.25) is 0 Å². The Labute approximate surface area is 136 Å². The lowest BCUT2D eigenvalue weighted by Crippen LogP contribution is -2.51. The van der Waals surface area contributed by atoms with Crippen LogP contribution in [0, 0.1) is 5.92 Å². The maximum Gasteiger partial charge on any atom is 0.191 e. The monoisotopic (exact) mass is 312 g/mol. The SMILES string of the molecule is CCNC(=NCC(C)(C)N1CCCC(C)C1)NC(C)COC. The minimum Gasteiger partial charge on any atom is -0.383 e. The number of piperidine rings is 1. The fourth-order valence-electron chi connectivity index (χ4n) is 2.96. The predicted octanol–water partition coefficient (Wildman–Crippen LogP) is 2.09. The lowest BCUT2D eigenvalue weighted by molar-refractivity contribution is 0.0774. The van der Waals surface area contributed by atoms with Crippen LogP contribution in [0.3, 0.4) is 0 Å². The summed E-state index contributed by atoms with van der Waals surface area (Å²) < 4.78 is 5.18. The molecule has 0 radical (unpaired) electrons. The van der Waals surface area contributed by atoms with Crippen LogP contribution < -0.4 is 10.6 Å². The van der Waals surface area contributed by atoms with E-state index >= 15 is 0 Å². The van der Waals surface area contributed by atoms with Crippen molar-refractivity contribution < 1.29 is 4.74 Å². The summed E-state index contributed by atoms with van der Waals surface area (Å²) in [5.74, 6) is 1.68. The smallest absolute Gasteiger partial charge is 0.191 e. The molecule has 1 aliphatic rings. The van der Waals surface area contributed by atoms with Crippen LogP contribution in [0.1, 0.15) is 47.5 Å². The lowest BCUT2D eigenvalue weighted by atomic mass is 9.94. The van der Waals surface area contributed by atoms with Gasteiger partial charge in [-0.3, -0.25) is 9.89 Å². The largest absolute Gasteiger partial charge is 0.383 e. The van der Waals surface area contributed by atoms with Gasteiger partial charge in [-0.1, -0.05) is 6.92 Å². The number of nitrogens with one attached hydrogen (secondary N) is 2. The molecule has 0 saturated carbocycles. The van der Waals surface area contributed by atoms with Crippen LogP contribution in [0.25, 0.3) is 0 Å². The van der Waals surface area contributed by atoms with Gasteiger partial charge in [0.1, 0.15) is 0 Å². The van der Waals surface area contributed by atoms with Crippen molar-refractivity contribution in [1.82, 2.24) is 15.5 Å². The number of hydrogen-bond acceptors (Lipinski definition) is 3. The first-order valence-electron chi connectivity index (χ1n) is 8.68. The third-order valence-electron chi connectivity index (χ3n) is 4.28. The number of nitrogens with zero attached hydrogens (tertiary/aromatic N) is 2. The topological polar surface area (TPSA) is 48.9 Å². The molecule has 2 atom stereocenters. The highest BCUT2D eigenvalue weighted by molar-refractivity contribution is 5.80. The van der Waals surface area contributed by atoms with Gasteiger partial charge in [-0.15, -0.1) is 0 Å². The Kier molecular flexibility index (Phi) is 8.18. The summed E-state index contributed by atoms with van der Waals surface area (Å²) in [6.07, 6.45) is 2.66. The molecule has 130 valence electrons. The number of hydrogen-bond donors (Lipinski definition) is 2. The fourth-order valence-corrected chi connectivity index (χ4v) is 2.96. The minimum absolute atomic E-state index is 0.0987. The summed E-state index contributed by atoms with van der Waals surface area (Å²) >= 11 is 0. The number of likely N-dealkylation sites (tertiary alicyclic amines) is 1. The van der Waals surface area contributed by atoms with Crippen LogP contribution in [0.4, 0.5) is 0 Å². The Hall–Kier alpha value is -0.810. The first-order chi connectivity index (χ1) is 10.4. The molecule has 0 aliphatic carbocycles. The van der Waals surface area contributed by atoms with Crippen molar-refractivity contribution in [2.75, 3.05) is 39.9 Å². The molecular formula is C17H36N4O. The van der Waals surface area contributed by atoms with E-state index in [1.165, 1.54) is 25.9 Å². The van der Waals surface area contributed by atoms with E-state index in [4.69, 9.17) is 9.73 Å². The zero-order valence-electron chi connectivity index (χ0n) is 15.4. The molecule has 0 spiro atoms. The number of aliphatic imine (C=N–C) groups is 1. The Balaban J connectivity index is 2.62. The van der Waals surface area contributed by atoms with E-state index in [9.17, 15) is 0 Å². The Morgan fingerprint density at radius 1 is 1.45 bits per heavy atom. The molecule has 2 N–H and O–H groups in total. The first kappa shape index (κ1) is 19.2.